The first kappa shape index (κ1) is 24.2. The van der Waals surface area contributed by atoms with Gasteiger partial charge in [0.15, 0.2) is 6.72 Å². The molecule has 2 rings (SSSR count). The van der Waals surface area contributed by atoms with Gasteiger partial charge in [-0.1, -0.05) is 81.1 Å². The third kappa shape index (κ3) is 5.16. The summed E-state index contributed by atoms with van der Waals surface area (Å²) in [4.78, 5) is 0. The molecule has 0 unspecified atom stereocenters. The summed E-state index contributed by atoms with van der Waals surface area (Å²) in [6.45, 7) is 23.2. The molecule has 0 nitrogen and oxygen atoms in total. The van der Waals surface area contributed by atoms with Crippen molar-refractivity contribution in [3.63, 3.8) is 0 Å². The zero-order valence-corrected chi connectivity index (χ0v) is 21.5. The van der Waals surface area contributed by atoms with E-state index >= 15 is 0 Å². The second-order valence-corrected chi connectivity index (χ2v) is 15.2. The lowest BCUT2D eigenvalue weighted by Gasteiger charge is -2.35. The fraction of sp³-hybridized carbons (Fsp3) is 1.00. The van der Waals surface area contributed by atoms with E-state index in [0.29, 0.717) is 0 Å². The van der Waals surface area contributed by atoms with Crippen LogP contribution in [0.2, 0.25) is 0 Å². The molecule has 0 aromatic rings. The molecule has 2 aliphatic heterocycles. The molecule has 0 aromatic carbocycles. The van der Waals surface area contributed by atoms with E-state index in [-0.39, 0.29) is 15.6 Å². The van der Waals surface area contributed by atoms with Crippen LogP contribution in [0.3, 0.4) is 0 Å². The molecule has 157 valence electrons. The van der Waals surface area contributed by atoms with Crippen LogP contribution in [0.1, 0.15) is 107 Å². The number of hydrogen-bond donors (Lipinski definition) is 0. The fourth-order valence-electron chi connectivity index (χ4n) is 6.31. The van der Waals surface area contributed by atoms with Crippen LogP contribution < -0.4 is 0 Å². The molecule has 2 aliphatic rings. The lowest BCUT2D eigenvalue weighted by atomic mass is 9.87. The third-order valence-corrected chi connectivity index (χ3v) is 16.3. The van der Waals surface area contributed by atoms with Gasteiger partial charge in [0.05, 0.1) is 0 Å². The first-order chi connectivity index (χ1) is 12.9. The first-order valence-corrected chi connectivity index (χ1v) is 15.4. The minimum Gasteiger partial charge on any atom is -0.135 e. The van der Waals surface area contributed by atoms with Crippen molar-refractivity contribution in [2.75, 3.05) is 0 Å². The van der Waals surface area contributed by atoms with Gasteiger partial charge in [-0.2, -0.15) is 0 Å². The second-order valence-electron chi connectivity index (χ2n) is 9.87. The standard InChI is InChI=1S/C24H48BP2/c1-9-13-21-17(5)18(6)22(14-10-2)26(21)25-27-23(15-11-3)19(7)20(8)24(27)16-12-4/h17-24H,9-16H2,1-8H3/t17-,18-,19-,20-,21-,22-,23-,24-/m0/s1. The van der Waals surface area contributed by atoms with E-state index in [0.717, 1.165) is 46.3 Å². The molecule has 3 heteroatoms. The zero-order chi connectivity index (χ0) is 20.1. The Morgan fingerprint density at radius 1 is 0.481 bits per heavy atom. The quantitative estimate of drug-likeness (QED) is 0.250. The van der Waals surface area contributed by atoms with Gasteiger partial charge in [-0.3, -0.25) is 0 Å². The second kappa shape index (κ2) is 11.4. The Morgan fingerprint density at radius 2 is 0.704 bits per heavy atom. The molecule has 2 heterocycles. The lowest BCUT2D eigenvalue weighted by molar-refractivity contribution is 0.376. The average molecular weight is 409 g/mol. The molecule has 1 radical (unpaired) electrons. The molecule has 8 atom stereocenters. The highest BCUT2D eigenvalue weighted by Gasteiger charge is 2.50. The maximum atomic E-state index is 3.13. The molecule has 0 spiro atoms. The average Bonchev–Trinajstić information content (AvgIpc) is 2.99. The predicted molar refractivity (Wildman–Crippen MR) is 131 cm³/mol. The maximum absolute atomic E-state index is 3.13. The zero-order valence-electron chi connectivity index (χ0n) is 19.7. The van der Waals surface area contributed by atoms with Gasteiger partial charge >= 0.3 is 0 Å². The molecule has 0 N–H and O–H groups in total. The van der Waals surface area contributed by atoms with Crippen LogP contribution in [0.25, 0.3) is 0 Å². The lowest BCUT2D eigenvalue weighted by Crippen LogP contribution is -2.17. The molecule has 0 amide bonds. The van der Waals surface area contributed by atoms with Gasteiger partial charge in [-0.25, -0.2) is 0 Å². The van der Waals surface area contributed by atoms with Crippen LogP contribution in [-0.4, -0.2) is 29.4 Å². The largest absolute Gasteiger partial charge is 0.182 e. The van der Waals surface area contributed by atoms with Gasteiger partial charge < -0.3 is 0 Å². The van der Waals surface area contributed by atoms with Gasteiger partial charge in [0.1, 0.15) is 0 Å². The van der Waals surface area contributed by atoms with Crippen LogP contribution in [0, 0.1) is 23.7 Å². The summed E-state index contributed by atoms with van der Waals surface area (Å²) in [6, 6.07) is 0. The van der Waals surface area contributed by atoms with Crippen LogP contribution in [0.4, 0.5) is 0 Å². The smallest absolute Gasteiger partial charge is 0.135 e. The van der Waals surface area contributed by atoms with Gasteiger partial charge in [-0.15, -0.1) is 15.6 Å². The number of rotatable bonds is 10. The topological polar surface area (TPSA) is 0 Å². The van der Waals surface area contributed by atoms with Crippen molar-refractivity contribution < 1.29 is 0 Å². The van der Waals surface area contributed by atoms with Gasteiger partial charge in [-0.05, 0) is 72.0 Å². The molecule has 0 aliphatic carbocycles. The molecular weight excluding hydrogens is 361 g/mol. The van der Waals surface area contributed by atoms with Gasteiger partial charge in [0.25, 0.3) is 0 Å². The van der Waals surface area contributed by atoms with E-state index in [4.69, 9.17) is 0 Å². The Morgan fingerprint density at radius 3 is 0.889 bits per heavy atom. The molecule has 27 heavy (non-hydrogen) atoms. The summed E-state index contributed by atoms with van der Waals surface area (Å²) >= 11 is 0. The Bertz CT molecular complexity index is 355. The third-order valence-electron chi connectivity index (χ3n) is 8.22. The van der Waals surface area contributed by atoms with Crippen molar-refractivity contribution in [1.82, 2.24) is 0 Å². The summed E-state index contributed by atoms with van der Waals surface area (Å²) in [7, 11) is 0.235. The molecular formula is C24H48BP2. The molecule has 0 saturated carbocycles. The summed E-state index contributed by atoms with van der Waals surface area (Å²) in [5.41, 5.74) is 4.09. The van der Waals surface area contributed by atoms with Crippen LogP contribution >= 0.6 is 15.6 Å². The normalized spacial score (nSPS) is 44.7. The van der Waals surface area contributed by atoms with Gasteiger partial charge in [0.2, 0.25) is 0 Å². The van der Waals surface area contributed by atoms with E-state index < -0.39 is 0 Å². The summed E-state index contributed by atoms with van der Waals surface area (Å²) in [5.74, 6) is 3.80. The summed E-state index contributed by atoms with van der Waals surface area (Å²) in [5, 5.41) is 0. The van der Waals surface area contributed by atoms with E-state index in [9.17, 15) is 0 Å². The minimum absolute atomic E-state index is 0.118. The Kier molecular flexibility index (Phi) is 10.2. The highest BCUT2D eigenvalue weighted by Crippen LogP contribution is 2.72. The van der Waals surface area contributed by atoms with Crippen LogP contribution in [0.5, 0.6) is 0 Å². The van der Waals surface area contributed by atoms with E-state index in [1.165, 1.54) is 51.4 Å². The van der Waals surface area contributed by atoms with Crippen molar-refractivity contribution in [2.24, 2.45) is 23.7 Å². The van der Waals surface area contributed by atoms with Crippen molar-refractivity contribution in [1.29, 1.82) is 0 Å². The number of hydrogen-bond acceptors (Lipinski definition) is 0. The van der Waals surface area contributed by atoms with E-state index in [1.807, 2.05) is 0 Å². The van der Waals surface area contributed by atoms with Crippen molar-refractivity contribution in [3.05, 3.63) is 0 Å². The van der Waals surface area contributed by atoms with Crippen molar-refractivity contribution >= 4 is 22.3 Å². The molecule has 2 fully saturated rings. The summed E-state index contributed by atoms with van der Waals surface area (Å²) in [6.07, 6.45) is 11.5. The predicted octanol–water partition coefficient (Wildman–Crippen LogP) is 8.73. The highest BCUT2D eigenvalue weighted by molar-refractivity contribution is 8.16. The van der Waals surface area contributed by atoms with Crippen LogP contribution in [-0.2, 0) is 0 Å². The van der Waals surface area contributed by atoms with E-state index in [2.05, 4.69) is 62.1 Å². The molecule has 2 saturated heterocycles. The van der Waals surface area contributed by atoms with Gasteiger partial charge in [0, 0.05) is 0 Å². The van der Waals surface area contributed by atoms with Crippen LogP contribution in [0.15, 0.2) is 0 Å². The SMILES string of the molecule is CCC[C@H]1[C@@H](C)[C@H](C)[C@H](CCC)P1[B]P1[C@@H](CCC)[C@@H](C)[C@H](C)[C@@H]1CCC. The first-order valence-electron chi connectivity index (χ1n) is 12.3. The summed E-state index contributed by atoms with van der Waals surface area (Å²) < 4.78 is 0. The van der Waals surface area contributed by atoms with E-state index in [1.54, 1.807) is 0 Å². The maximum Gasteiger partial charge on any atom is 0.182 e. The Labute approximate surface area is 175 Å². The Balaban J connectivity index is 2.28. The monoisotopic (exact) mass is 409 g/mol. The molecule has 0 aromatic heterocycles. The molecule has 0 bridgehead atoms. The fourth-order valence-corrected chi connectivity index (χ4v) is 16.7. The van der Waals surface area contributed by atoms with Crippen molar-refractivity contribution in [3.8, 4) is 0 Å². The van der Waals surface area contributed by atoms with Crippen molar-refractivity contribution in [2.45, 2.75) is 129 Å². The Hall–Kier alpha value is 0.925. The highest BCUT2D eigenvalue weighted by atomic mass is 31.2. The minimum atomic E-state index is 0.118.